The van der Waals surface area contributed by atoms with Gasteiger partial charge < -0.3 is 4.42 Å². The van der Waals surface area contributed by atoms with Gasteiger partial charge in [-0.1, -0.05) is 37.6 Å². The van der Waals surface area contributed by atoms with Gasteiger partial charge in [-0.25, -0.2) is 4.98 Å². The zero-order valence-electron chi connectivity index (χ0n) is 10.4. The summed E-state index contributed by atoms with van der Waals surface area (Å²) >= 11 is 0. The Balaban J connectivity index is 2.06. The number of benzene rings is 2. The number of oxazole rings is 1. The van der Waals surface area contributed by atoms with Crippen molar-refractivity contribution in [2.24, 2.45) is 0 Å². The van der Waals surface area contributed by atoms with E-state index < -0.39 is 0 Å². The minimum Gasteiger partial charge on any atom is -0.436 e. The highest BCUT2D eigenvalue weighted by atomic mass is 16.3. The average molecular weight is 237 g/mol. The van der Waals surface area contributed by atoms with Crippen LogP contribution >= 0.6 is 0 Å². The molecule has 0 radical (unpaired) electrons. The third kappa shape index (κ3) is 2.02. The Labute approximate surface area is 106 Å². The molecule has 90 valence electrons. The van der Waals surface area contributed by atoms with Crippen LogP contribution in [0.2, 0.25) is 0 Å². The summed E-state index contributed by atoms with van der Waals surface area (Å²) in [5, 5.41) is 0. The van der Waals surface area contributed by atoms with E-state index in [-0.39, 0.29) is 0 Å². The summed E-state index contributed by atoms with van der Waals surface area (Å²) < 4.78 is 5.83. The van der Waals surface area contributed by atoms with Gasteiger partial charge in [-0.2, -0.15) is 0 Å². The van der Waals surface area contributed by atoms with Gasteiger partial charge in [0.05, 0.1) is 0 Å². The van der Waals surface area contributed by atoms with Crippen LogP contribution in [0.1, 0.15) is 18.9 Å². The van der Waals surface area contributed by atoms with Crippen LogP contribution < -0.4 is 0 Å². The fourth-order valence-electron chi connectivity index (χ4n) is 2.12. The van der Waals surface area contributed by atoms with Crippen LogP contribution in [0.15, 0.2) is 52.9 Å². The molecule has 1 aromatic heterocycles. The molecule has 2 nitrogen and oxygen atoms in total. The Morgan fingerprint density at radius 3 is 2.67 bits per heavy atom. The van der Waals surface area contributed by atoms with Gasteiger partial charge in [0.1, 0.15) is 5.52 Å². The molecular weight excluding hydrogens is 222 g/mol. The van der Waals surface area contributed by atoms with Crippen molar-refractivity contribution in [3.8, 4) is 11.5 Å². The Kier molecular flexibility index (Phi) is 2.85. The lowest BCUT2D eigenvalue weighted by Crippen LogP contribution is -1.81. The molecule has 18 heavy (non-hydrogen) atoms. The predicted octanol–water partition coefficient (Wildman–Crippen LogP) is 4.45. The summed E-state index contributed by atoms with van der Waals surface area (Å²) in [6.45, 7) is 2.18. The van der Waals surface area contributed by atoms with Crippen molar-refractivity contribution in [2.45, 2.75) is 19.8 Å². The van der Waals surface area contributed by atoms with Crippen LogP contribution in [0.3, 0.4) is 0 Å². The van der Waals surface area contributed by atoms with Gasteiger partial charge in [-0.05, 0) is 36.2 Å². The van der Waals surface area contributed by atoms with Crippen molar-refractivity contribution in [1.82, 2.24) is 4.98 Å². The number of aromatic nitrogens is 1. The van der Waals surface area contributed by atoms with E-state index in [2.05, 4.69) is 24.0 Å². The maximum absolute atomic E-state index is 5.83. The van der Waals surface area contributed by atoms with Crippen molar-refractivity contribution in [1.29, 1.82) is 0 Å². The quantitative estimate of drug-likeness (QED) is 0.672. The Morgan fingerprint density at radius 1 is 1.06 bits per heavy atom. The highest BCUT2D eigenvalue weighted by molar-refractivity contribution is 5.76. The molecule has 3 rings (SSSR count). The lowest BCUT2D eigenvalue weighted by Gasteiger charge is -1.95. The SMILES string of the molecule is CCCc1ccc2nc(-c3ccccc3)oc2c1. The van der Waals surface area contributed by atoms with Crippen molar-refractivity contribution in [3.63, 3.8) is 0 Å². The molecule has 3 aromatic rings. The van der Waals surface area contributed by atoms with Gasteiger partial charge >= 0.3 is 0 Å². The smallest absolute Gasteiger partial charge is 0.227 e. The summed E-state index contributed by atoms with van der Waals surface area (Å²) in [4.78, 5) is 4.52. The highest BCUT2D eigenvalue weighted by Crippen LogP contribution is 2.24. The molecule has 0 aliphatic carbocycles. The lowest BCUT2D eigenvalue weighted by molar-refractivity contribution is 0.619. The van der Waals surface area contributed by atoms with E-state index in [0.29, 0.717) is 5.89 Å². The Bertz CT molecular complexity index is 655. The van der Waals surface area contributed by atoms with Crippen LogP contribution in [0, 0.1) is 0 Å². The summed E-state index contributed by atoms with van der Waals surface area (Å²) in [5.74, 6) is 0.694. The van der Waals surface area contributed by atoms with Crippen molar-refractivity contribution < 1.29 is 4.42 Å². The highest BCUT2D eigenvalue weighted by Gasteiger charge is 2.07. The van der Waals surface area contributed by atoms with Crippen molar-refractivity contribution in [2.75, 3.05) is 0 Å². The number of hydrogen-bond donors (Lipinski definition) is 0. The van der Waals surface area contributed by atoms with Gasteiger partial charge in [-0.15, -0.1) is 0 Å². The summed E-state index contributed by atoms with van der Waals surface area (Å²) in [6.07, 6.45) is 2.22. The Morgan fingerprint density at radius 2 is 1.89 bits per heavy atom. The van der Waals surface area contributed by atoms with E-state index in [1.165, 1.54) is 5.56 Å². The zero-order valence-corrected chi connectivity index (χ0v) is 10.4. The fraction of sp³-hybridized carbons (Fsp3) is 0.188. The topological polar surface area (TPSA) is 26.0 Å². The molecule has 0 N–H and O–H groups in total. The third-order valence-electron chi connectivity index (χ3n) is 3.01. The number of rotatable bonds is 3. The summed E-state index contributed by atoms with van der Waals surface area (Å²) in [5.41, 5.74) is 4.13. The molecule has 0 aliphatic heterocycles. The second-order valence-electron chi connectivity index (χ2n) is 4.44. The molecule has 2 aromatic carbocycles. The van der Waals surface area contributed by atoms with Crippen LogP contribution in [0.25, 0.3) is 22.6 Å². The molecule has 1 heterocycles. The van der Waals surface area contributed by atoms with Gasteiger partial charge in [-0.3, -0.25) is 0 Å². The molecular formula is C16H15NO. The van der Waals surface area contributed by atoms with E-state index >= 15 is 0 Å². The first-order valence-corrected chi connectivity index (χ1v) is 6.31. The van der Waals surface area contributed by atoms with E-state index in [1.54, 1.807) is 0 Å². The molecule has 0 fully saturated rings. The van der Waals surface area contributed by atoms with Crippen LogP contribution in [-0.2, 0) is 6.42 Å². The molecule has 0 atom stereocenters. The van der Waals surface area contributed by atoms with E-state index in [4.69, 9.17) is 4.42 Å². The van der Waals surface area contributed by atoms with Crippen LogP contribution in [0.5, 0.6) is 0 Å². The molecule has 0 amide bonds. The van der Waals surface area contributed by atoms with Crippen LogP contribution in [-0.4, -0.2) is 4.98 Å². The minimum absolute atomic E-state index is 0.694. The minimum atomic E-state index is 0.694. The van der Waals surface area contributed by atoms with Crippen molar-refractivity contribution >= 4 is 11.1 Å². The molecule has 2 heteroatoms. The molecule has 0 spiro atoms. The van der Waals surface area contributed by atoms with Gasteiger partial charge in [0.2, 0.25) is 5.89 Å². The van der Waals surface area contributed by atoms with Gasteiger partial charge in [0.25, 0.3) is 0 Å². The third-order valence-corrected chi connectivity index (χ3v) is 3.01. The monoisotopic (exact) mass is 237 g/mol. The maximum atomic E-state index is 5.83. The standard InChI is InChI=1S/C16H15NO/c1-2-6-12-9-10-14-15(11-12)18-16(17-14)13-7-4-3-5-8-13/h3-5,7-11H,2,6H2,1H3. The number of aryl methyl sites for hydroxylation is 1. The second-order valence-corrected chi connectivity index (χ2v) is 4.44. The lowest BCUT2D eigenvalue weighted by atomic mass is 10.1. The average Bonchev–Trinajstić information content (AvgIpc) is 2.83. The summed E-state index contributed by atoms with van der Waals surface area (Å²) in [6, 6.07) is 16.3. The largest absolute Gasteiger partial charge is 0.436 e. The van der Waals surface area contributed by atoms with E-state index in [0.717, 1.165) is 29.5 Å². The molecule has 0 saturated heterocycles. The first-order chi connectivity index (χ1) is 8.86. The van der Waals surface area contributed by atoms with Crippen molar-refractivity contribution in [3.05, 3.63) is 54.1 Å². The van der Waals surface area contributed by atoms with E-state index in [1.807, 2.05) is 36.4 Å². The summed E-state index contributed by atoms with van der Waals surface area (Å²) in [7, 11) is 0. The predicted molar refractivity (Wildman–Crippen MR) is 73.4 cm³/mol. The number of nitrogens with zero attached hydrogens (tertiary/aromatic N) is 1. The van der Waals surface area contributed by atoms with Crippen LogP contribution in [0.4, 0.5) is 0 Å². The first kappa shape index (κ1) is 11.0. The normalized spacial score (nSPS) is 10.9. The van der Waals surface area contributed by atoms with Gasteiger partial charge in [0.15, 0.2) is 5.58 Å². The fourth-order valence-corrected chi connectivity index (χ4v) is 2.12. The molecule has 0 unspecified atom stereocenters. The molecule has 0 saturated carbocycles. The first-order valence-electron chi connectivity index (χ1n) is 6.31. The Hall–Kier alpha value is -2.09. The molecule has 0 aliphatic rings. The number of fused-ring (bicyclic) bond motifs is 1. The second kappa shape index (κ2) is 4.65. The number of hydrogen-bond acceptors (Lipinski definition) is 2. The molecule has 0 bridgehead atoms. The van der Waals surface area contributed by atoms with Gasteiger partial charge in [0, 0.05) is 5.56 Å². The zero-order chi connectivity index (χ0) is 12.4. The van der Waals surface area contributed by atoms with E-state index in [9.17, 15) is 0 Å². The maximum Gasteiger partial charge on any atom is 0.227 e.